The van der Waals surface area contributed by atoms with Crippen LogP contribution in [-0.2, 0) is 9.84 Å². The summed E-state index contributed by atoms with van der Waals surface area (Å²) in [6.07, 6.45) is 3.26. The monoisotopic (exact) mass is 262 g/mol. The lowest BCUT2D eigenvalue weighted by Gasteiger charge is -2.16. The Bertz CT molecular complexity index is 617. The minimum Gasteiger partial charge on any atom is -0.219 e. The van der Waals surface area contributed by atoms with E-state index in [4.69, 9.17) is 0 Å². The molecule has 96 valence electrons. The molecule has 1 aliphatic rings. The third-order valence-corrected chi connectivity index (χ3v) is 5.38. The highest BCUT2D eigenvalue weighted by Gasteiger charge is 2.22. The minimum absolute atomic E-state index is 0.395. The summed E-state index contributed by atoms with van der Waals surface area (Å²) in [5.41, 5.74) is 3.42. The van der Waals surface area contributed by atoms with Crippen molar-refractivity contribution in [3.63, 3.8) is 0 Å². The van der Waals surface area contributed by atoms with Crippen molar-refractivity contribution >= 4 is 9.84 Å². The average Bonchev–Trinajstić information content (AvgIpc) is 2.33. The summed E-state index contributed by atoms with van der Waals surface area (Å²) in [4.78, 5) is 0.932. The molecule has 1 aromatic carbocycles. The molecule has 0 fully saturated rings. The van der Waals surface area contributed by atoms with Crippen molar-refractivity contribution in [1.29, 1.82) is 0 Å². The quantitative estimate of drug-likeness (QED) is 0.812. The Kier molecular flexibility index (Phi) is 3.44. The second-order valence-corrected chi connectivity index (χ2v) is 6.89. The summed E-state index contributed by atoms with van der Waals surface area (Å²) in [5, 5.41) is 0. The Hall–Kier alpha value is -1.35. The summed E-state index contributed by atoms with van der Waals surface area (Å²) in [6, 6.07) is 7.05. The van der Waals surface area contributed by atoms with Gasteiger partial charge in [0.05, 0.1) is 4.90 Å². The van der Waals surface area contributed by atoms with Crippen LogP contribution in [0, 0.1) is 6.92 Å². The Morgan fingerprint density at radius 2 is 1.56 bits per heavy atom. The van der Waals surface area contributed by atoms with E-state index in [1.807, 2.05) is 32.1 Å². The van der Waals surface area contributed by atoms with Crippen LogP contribution in [0.4, 0.5) is 0 Å². The maximum Gasteiger partial charge on any atom is 0.202 e. The maximum atomic E-state index is 12.5. The zero-order valence-corrected chi connectivity index (χ0v) is 11.8. The molecule has 0 spiro atoms. The summed E-state index contributed by atoms with van der Waals surface area (Å²) >= 11 is 0. The molecule has 3 heteroatoms. The van der Waals surface area contributed by atoms with E-state index < -0.39 is 9.84 Å². The lowest BCUT2D eigenvalue weighted by atomic mass is 10.0. The van der Waals surface area contributed by atoms with Gasteiger partial charge in [-0.2, -0.15) is 0 Å². The van der Waals surface area contributed by atoms with Crippen LogP contribution in [0.1, 0.15) is 32.3 Å². The Morgan fingerprint density at radius 1 is 0.944 bits per heavy atom. The molecule has 0 unspecified atom stereocenters. The largest absolute Gasteiger partial charge is 0.219 e. The van der Waals surface area contributed by atoms with Crippen molar-refractivity contribution in [1.82, 2.24) is 0 Å². The first-order valence-corrected chi connectivity index (χ1v) is 7.58. The summed E-state index contributed by atoms with van der Waals surface area (Å²) < 4.78 is 24.9. The highest BCUT2D eigenvalue weighted by Crippen LogP contribution is 2.30. The maximum absolute atomic E-state index is 12.5. The molecule has 0 saturated heterocycles. The molecular weight excluding hydrogens is 244 g/mol. The fraction of sp³-hybridized carbons (Fsp3) is 0.333. The number of benzene rings is 1. The summed E-state index contributed by atoms with van der Waals surface area (Å²) in [7, 11) is -3.31. The Morgan fingerprint density at radius 3 is 2.11 bits per heavy atom. The lowest BCUT2D eigenvalue weighted by molar-refractivity contribution is 0.599. The van der Waals surface area contributed by atoms with Gasteiger partial charge in [-0.25, -0.2) is 8.42 Å². The van der Waals surface area contributed by atoms with E-state index in [1.165, 1.54) is 5.57 Å². The van der Waals surface area contributed by atoms with E-state index in [1.54, 1.807) is 12.1 Å². The van der Waals surface area contributed by atoms with Gasteiger partial charge in [0.25, 0.3) is 0 Å². The molecular formula is C15H18O2S. The highest BCUT2D eigenvalue weighted by atomic mass is 32.2. The molecule has 18 heavy (non-hydrogen) atoms. The molecule has 0 aliphatic heterocycles. The third kappa shape index (κ3) is 2.41. The zero-order valence-electron chi connectivity index (χ0n) is 11.0. The van der Waals surface area contributed by atoms with Gasteiger partial charge in [0.2, 0.25) is 9.84 Å². The van der Waals surface area contributed by atoms with Crippen LogP contribution in [0.25, 0.3) is 0 Å². The predicted octanol–water partition coefficient (Wildman–Crippen LogP) is 3.78. The van der Waals surface area contributed by atoms with Gasteiger partial charge in [-0.05, 0) is 51.8 Å². The molecule has 0 heterocycles. The molecule has 0 N–H and O–H groups in total. The molecule has 0 radical (unpaired) electrons. The van der Waals surface area contributed by atoms with Crippen molar-refractivity contribution in [2.75, 3.05) is 0 Å². The van der Waals surface area contributed by atoms with Gasteiger partial charge in [0, 0.05) is 4.91 Å². The summed E-state index contributed by atoms with van der Waals surface area (Å²) in [5.74, 6) is 0. The van der Waals surface area contributed by atoms with Crippen LogP contribution in [0.3, 0.4) is 0 Å². The van der Waals surface area contributed by atoms with E-state index in [-0.39, 0.29) is 0 Å². The van der Waals surface area contributed by atoms with Gasteiger partial charge in [0.15, 0.2) is 0 Å². The van der Waals surface area contributed by atoms with Gasteiger partial charge in [-0.3, -0.25) is 0 Å². The first kappa shape index (κ1) is 13.1. The normalized spacial score (nSPS) is 16.7. The van der Waals surface area contributed by atoms with Gasteiger partial charge in [0.1, 0.15) is 0 Å². The van der Waals surface area contributed by atoms with Crippen LogP contribution in [-0.4, -0.2) is 8.42 Å². The van der Waals surface area contributed by atoms with Crippen molar-refractivity contribution in [3.05, 3.63) is 52.0 Å². The molecule has 0 saturated carbocycles. The van der Waals surface area contributed by atoms with Crippen molar-refractivity contribution in [2.45, 2.75) is 38.5 Å². The van der Waals surface area contributed by atoms with E-state index in [2.05, 4.69) is 6.92 Å². The van der Waals surface area contributed by atoms with E-state index in [0.717, 1.165) is 17.6 Å². The minimum atomic E-state index is -3.31. The number of hydrogen-bond acceptors (Lipinski definition) is 2. The van der Waals surface area contributed by atoms with Crippen molar-refractivity contribution in [3.8, 4) is 0 Å². The molecule has 2 nitrogen and oxygen atoms in total. The third-order valence-electron chi connectivity index (χ3n) is 3.47. The molecule has 1 aromatic rings. The van der Waals surface area contributed by atoms with Crippen LogP contribution in [0.2, 0.25) is 0 Å². The second kappa shape index (κ2) is 4.73. The smallest absolute Gasteiger partial charge is 0.202 e. The second-order valence-electron chi connectivity index (χ2n) is 4.89. The Balaban J connectivity index is 2.45. The lowest BCUT2D eigenvalue weighted by Crippen LogP contribution is -2.08. The van der Waals surface area contributed by atoms with Gasteiger partial charge < -0.3 is 0 Å². The number of sulfone groups is 1. The Labute approximate surface area is 109 Å². The van der Waals surface area contributed by atoms with E-state index in [0.29, 0.717) is 16.2 Å². The van der Waals surface area contributed by atoms with Crippen molar-refractivity contribution in [2.24, 2.45) is 0 Å². The van der Waals surface area contributed by atoms with Gasteiger partial charge in [-0.15, -0.1) is 0 Å². The van der Waals surface area contributed by atoms with Gasteiger partial charge in [-0.1, -0.05) is 28.8 Å². The average molecular weight is 262 g/mol. The van der Waals surface area contributed by atoms with Crippen LogP contribution >= 0.6 is 0 Å². The highest BCUT2D eigenvalue weighted by molar-refractivity contribution is 7.95. The molecule has 1 aliphatic carbocycles. The topological polar surface area (TPSA) is 34.1 Å². The van der Waals surface area contributed by atoms with E-state index >= 15 is 0 Å². The molecule has 0 atom stereocenters. The number of allylic oxidation sites excluding steroid dienone is 4. The zero-order chi connectivity index (χ0) is 13.3. The molecule has 0 aromatic heterocycles. The van der Waals surface area contributed by atoms with Crippen LogP contribution in [0.15, 0.2) is 51.3 Å². The molecule has 0 bridgehead atoms. The summed E-state index contributed by atoms with van der Waals surface area (Å²) in [6.45, 7) is 5.98. The fourth-order valence-corrected chi connectivity index (χ4v) is 3.53. The first-order valence-electron chi connectivity index (χ1n) is 6.10. The van der Waals surface area contributed by atoms with Gasteiger partial charge >= 0.3 is 0 Å². The SMILES string of the molecule is CC1=C(C)CCC(S(=O)(=O)c2ccc(C)cc2)=C1. The van der Waals surface area contributed by atoms with Crippen molar-refractivity contribution < 1.29 is 8.42 Å². The van der Waals surface area contributed by atoms with Crippen LogP contribution < -0.4 is 0 Å². The number of hydrogen-bond donors (Lipinski definition) is 0. The molecule has 2 rings (SSSR count). The fourth-order valence-electron chi connectivity index (χ4n) is 2.03. The number of rotatable bonds is 2. The standard InChI is InChI=1S/C15H18O2S/c1-11-4-7-14(8-5-11)18(16,17)15-9-6-12(2)13(3)10-15/h4-5,7-8,10H,6,9H2,1-3H3. The van der Waals surface area contributed by atoms with E-state index in [9.17, 15) is 8.42 Å². The van der Waals surface area contributed by atoms with Crippen LogP contribution in [0.5, 0.6) is 0 Å². The number of aryl methyl sites for hydroxylation is 1. The first-order chi connectivity index (χ1) is 8.41. The predicted molar refractivity (Wildman–Crippen MR) is 74.1 cm³/mol. The molecule has 0 amide bonds.